The van der Waals surface area contributed by atoms with Gasteiger partial charge in [0.1, 0.15) is 24.7 Å². The SMILES string of the molecule is CCC(CO)OC(COC(=O)NCCC(=O)N[C@@H](C)C(=O)OCCCNC(=O)[C@H](Cc1ccccc1)NC(=O)[C@H](C)[C@@H](OC)[C@@H]1CCCN1C(=O)C[C@@H](OC)[C@H]([C@@H](C)CC)N(C)C(=O)[C@@H](NC(=O)[C@H](C(C)C)N(C)C)C(C)C)OC. The highest BCUT2D eigenvalue weighted by molar-refractivity contribution is 5.91. The van der Waals surface area contributed by atoms with Crippen molar-refractivity contribution in [1.82, 2.24) is 41.3 Å². The summed E-state index contributed by atoms with van der Waals surface area (Å²) in [7, 11) is 9.77. The normalized spacial score (nSPS) is 17.6. The van der Waals surface area contributed by atoms with Crippen LogP contribution >= 0.6 is 0 Å². The molecule has 2 unspecified atom stereocenters. The number of likely N-dealkylation sites (N-methyl/N-ethyl adjacent to an activating group) is 2. The van der Waals surface area contributed by atoms with Crippen LogP contribution in [0, 0.1) is 23.7 Å². The topological polar surface area (TPSA) is 282 Å². The van der Waals surface area contributed by atoms with Crippen LogP contribution in [0.1, 0.15) is 113 Å². The number of carbonyl (C=O) groups excluding carboxylic acids is 8. The van der Waals surface area contributed by atoms with Crippen molar-refractivity contribution in [1.29, 1.82) is 0 Å². The molecule has 12 atom stereocenters. The van der Waals surface area contributed by atoms with Crippen molar-refractivity contribution in [2.24, 2.45) is 23.7 Å². The molecule has 6 N–H and O–H groups in total. The molecule has 0 spiro atoms. The van der Waals surface area contributed by atoms with Crippen LogP contribution in [-0.4, -0.2) is 210 Å². The Labute approximate surface area is 475 Å². The van der Waals surface area contributed by atoms with Gasteiger partial charge < -0.3 is 69.9 Å². The lowest BCUT2D eigenvalue weighted by Gasteiger charge is -2.41. The second-order valence-electron chi connectivity index (χ2n) is 21.6. The second-order valence-corrected chi connectivity index (χ2v) is 21.6. The number of nitrogens with one attached hydrogen (secondary N) is 5. The number of esters is 1. The van der Waals surface area contributed by atoms with Gasteiger partial charge >= 0.3 is 12.1 Å². The van der Waals surface area contributed by atoms with Crippen LogP contribution in [0.15, 0.2) is 30.3 Å². The highest BCUT2D eigenvalue weighted by Gasteiger charge is 2.44. The monoisotopic (exact) mass is 1130 g/mol. The average molecular weight is 1140 g/mol. The van der Waals surface area contributed by atoms with Crippen molar-refractivity contribution in [2.45, 2.75) is 175 Å². The molecule has 2 rings (SSSR count). The molecule has 1 aliphatic rings. The standard InChI is InChI=1S/C57H98N8O15/c1-16-37(7)50(64(12)55(72)48(35(3)4)62-54(71)49(36(5)6)63(10)11)44(75-13)32-46(68)65-29-21-25-43(65)51(77-15)38(8)52(69)61-42(31-40-23-19-18-20-24-40)53(70)58-27-22-30-78-56(73)39(9)60-45(67)26-28-59-57(74)79-34-47(76-14)80-41(17-2)33-66/h18-20,23-24,35-39,41-44,47-51,66H,16-17,21-22,25-34H2,1-15H3,(H,58,70)(H,59,74)(H,60,67)(H,61,69)(H,62,71)/t37-,38+,39-,41?,42-,43-,44+,47?,48-,49-,50-,51+/m0/s1. The van der Waals surface area contributed by atoms with Crippen molar-refractivity contribution >= 4 is 47.5 Å². The maximum Gasteiger partial charge on any atom is 0.407 e. The number of benzene rings is 1. The lowest BCUT2D eigenvalue weighted by atomic mass is 9.89. The average Bonchev–Trinajstić information content (AvgIpc) is 3.92. The van der Waals surface area contributed by atoms with Crippen molar-refractivity contribution in [3.05, 3.63) is 35.9 Å². The molecule has 0 bridgehead atoms. The van der Waals surface area contributed by atoms with Gasteiger partial charge in [0.15, 0.2) is 6.29 Å². The largest absolute Gasteiger partial charge is 0.464 e. The fourth-order valence-corrected chi connectivity index (χ4v) is 9.97. The van der Waals surface area contributed by atoms with E-state index in [1.54, 1.807) is 23.8 Å². The summed E-state index contributed by atoms with van der Waals surface area (Å²) in [4.78, 5) is 113. The van der Waals surface area contributed by atoms with Gasteiger partial charge in [-0.3, -0.25) is 33.7 Å². The van der Waals surface area contributed by atoms with Gasteiger partial charge in [-0.15, -0.1) is 0 Å². The minimum atomic E-state index is -1.01. The van der Waals surface area contributed by atoms with Gasteiger partial charge in [-0.2, -0.15) is 0 Å². The van der Waals surface area contributed by atoms with Gasteiger partial charge in [0.05, 0.1) is 62.0 Å². The van der Waals surface area contributed by atoms with E-state index in [1.165, 1.54) is 28.3 Å². The van der Waals surface area contributed by atoms with E-state index in [-0.39, 0.29) is 94.1 Å². The Kier molecular flexibility index (Phi) is 32.5. The van der Waals surface area contributed by atoms with E-state index in [1.807, 2.05) is 97.8 Å². The zero-order valence-corrected chi connectivity index (χ0v) is 50.4. The van der Waals surface area contributed by atoms with Crippen molar-refractivity contribution in [2.75, 3.05) is 81.9 Å². The van der Waals surface area contributed by atoms with Crippen molar-refractivity contribution in [3.63, 3.8) is 0 Å². The van der Waals surface area contributed by atoms with Crippen LogP contribution in [0.3, 0.4) is 0 Å². The summed E-state index contributed by atoms with van der Waals surface area (Å²) in [5.74, 6) is -4.02. The zero-order chi connectivity index (χ0) is 60.2. The van der Waals surface area contributed by atoms with Gasteiger partial charge in [0.2, 0.25) is 35.4 Å². The fourth-order valence-electron chi connectivity index (χ4n) is 9.97. The minimum absolute atomic E-state index is 0.00388. The number of aliphatic hydroxyl groups is 1. The van der Waals surface area contributed by atoms with Crippen LogP contribution in [0.2, 0.25) is 0 Å². The molecular weight excluding hydrogens is 1040 g/mol. The Hall–Kier alpha value is -5.46. The number of hydrogen-bond donors (Lipinski definition) is 6. The number of alkyl carbamates (subject to hydrolysis) is 1. The molecule has 0 aliphatic carbocycles. The molecule has 1 aliphatic heterocycles. The van der Waals surface area contributed by atoms with E-state index in [9.17, 15) is 43.5 Å². The molecule has 80 heavy (non-hydrogen) atoms. The first-order valence-electron chi connectivity index (χ1n) is 28.3. The molecule has 0 saturated carbocycles. The summed E-state index contributed by atoms with van der Waals surface area (Å²) in [5.41, 5.74) is 0.798. The van der Waals surface area contributed by atoms with Gasteiger partial charge in [0.25, 0.3) is 0 Å². The molecule has 23 heteroatoms. The van der Waals surface area contributed by atoms with Crippen LogP contribution in [0.4, 0.5) is 4.79 Å². The number of nitrogens with zero attached hydrogens (tertiary/aromatic N) is 3. The van der Waals surface area contributed by atoms with Gasteiger partial charge in [-0.25, -0.2) is 9.59 Å². The third kappa shape index (κ3) is 22.8. The number of methoxy groups -OCH3 is 3. The number of likely N-dealkylation sites (tertiary alicyclic amines) is 1. The van der Waals surface area contributed by atoms with Gasteiger partial charge in [-0.1, -0.05) is 92.1 Å². The quantitative estimate of drug-likeness (QED) is 0.0317. The third-order valence-electron chi connectivity index (χ3n) is 14.7. The summed E-state index contributed by atoms with van der Waals surface area (Å²) >= 11 is 0. The fraction of sp³-hybridized carbons (Fsp3) is 0.754. The van der Waals surface area contributed by atoms with Crippen LogP contribution < -0.4 is 26.6 Å². The molecule has 1 saturated heterocycles. The van der Waals surface area contributed by atoms with Gasteiger partial charge in [0, 0.05) is 60.9 Å². The van der Waals surface area contributed by atoms with Crippen molar-refractivity contribution < 1.29 is 71.9 Å². The molecule has 1 aromatic rings. The molecule has 23 nitrogen and oxygen atoms in total. The molecule has 1 heterocycles. The number of aliphatic hydroxyl groups excluding tert-OH is 1. The van der Waals surface area contributed by atoms with E-state index in [0.29, 0.717) is 32.2 Å². The number of rotatable bonds is 37. The van der Waals surface area contributed by atoms with Crippen LogP contribution in [-0.2, 0) is 68.4 Å². The Morgan fingerprint density at radius 2 is 1.45 bits per heavy atom. The Bertz CT molecular complexity index is 2060. The first-order valence-corrected chi connectivity index (χ1v) is 28.3. The summed E-state index contributed by atoms with van der Waals surface area (Å²) in [6, 6.07) is 4.92. The maximum absolute atomic E-state index is 14.5. The Balaban J connectivity index is 2.07. The smallest absolute Gasteiger partial charge is 0.407 e. The molecule has 456 valence electrons. The van der Waals surface area contributed by atoms with E-state index in [0.717, 1.165) is 5.56 Å². The molecule has 7 amide bonds. The number of hydrogen-bond acceptors (Lipinski definition) is 16. The summed E-state index contributed by atoms with van der Waals surface area (Å²) in [6.45, 7) is 16.6. The maximum atomic E-state index is 14.5. The Morgan fingerprint density at radius 3 is 2.01 bits per heavy atom. The molecule has 1 fully saturated rings. The third-order valence-corrected chi connectivity index (χ3v) is 14.7. The highest BCUT2D eigenvalue weighted by atomic mass is 16.7. The van der Waals surface area contributed by atoms with Crippen LogP contribution in [0.25, 0.3) is 0 Å². The predicted octanol–water partition coefficient (Wildman–Crippen LogP) is 2.79. The summed E-state index contributed by atoms with van der Waals surface area (Å²) in [5, 5.41) is 23.1. The van der Waals surface area contributed by atoms with Crippen molar-refractivity contribution in [3.8, 4) is 0 Å². The number of carbonyl (C=O) groups is 8. The molecule has 1 aromatic carbocycles. The lowest BCUT2D eigenvalue weighted by molar-refractivity contribution is -0.181. The minimum Gasteiger partial charge on any atom is -0.464 e. The number of ether oxygens (including phenoxy) is 6. The summed E-state index contributed by atoms with van der Waals surface area (Å²) in [6.07, 6.45) is -1.03. The van der Waals surface area contributed by atoms with Crippen LogP contribution in [0.5, 0.6) is 0 Å². The Morgan fingerprint density at radius 1 is 0.775 bits per heavy atom. The van der Waals surface area contributed by atoms with Gasteiger partial charge in [-0.05, 0) is 70.0 Å². The summed E-state index contributed by atoms with van der Waals surface area (Å²) < 4.78 is 33.1. The zero-order valence-electron chi connectivity index (χ0n) is 50.4. The first kappa shape index (κ1) is 70.6. The second kappa shape index (κ2) is 36.8. The molecule has 0 aromatic heterocycles. The van der Waals surface area contributed by atoms with E-state index < -0.39 is 96.6 Å². The first-order chi connectivity index (χ1) is 37.9. The molecule has 0 radical (unpaired) electrons. The highest BCUT2D eigenvalue weighted by Crippen LogP contribution is 2.30. The van der Waals surface area contributed by atoms with E-state index >= 15 is 0 Å². The van der Waals surface area contributed by atoms with E-state index in [2.05, 4.69) is 26.6 Å². The number of amides is 7. The lowest BCUT2D eigenvalue weighted by Crippen LogP contribution is -2.59. The predicted molar refractivity (Wildman–Crippen MR) is 300 cm³/mol. The molecular formula is C57H98N8O15. The van der Waals surface area contributed by atoms with E-state index in [4.69, 9.17) is 28.4 Å².